The number of hydrogen-bond donors (Lipinski definition) is 1. The Bertz CT molecular complexity index is 578. The smallest absolute Gasteiger partial charge is 0.161 e. The monoisotopic (exact) mass is 262 g/mol. The second-order valence-corrected chi connectivity index (χ2v) is 4.00. The van der Waals surface area contributed by atoms with Gasteiger partial charge in [-0.1, -0.05) is 0 Å². The summed E-state index contributed by atoms with van der Waals surface area (Å²) in [5, 5.41) is 11.4. The first kappa shape index (κ1) is 13.3. The summed E-state index contributed by atoms with van der Waals surface area (Å²) in [7, 11) is 1.60. The Morgan fingerprint density at radius 3 is 2.00 bits per heavy atom. The van der Waals surface area contributed by atoms with E-state index < -0.39 is 0 Å². The van der Waals surface area contributed by atoms with Gasteiger partial charge in [0.15, 0.2) is 11.5 Å². The summed E-state index contributed by atoms with van der Waals surface area (Å²) < 4.78 is 16.4. The molecule has 0 bridgehead atoms. The van der Waals surface area contributed by atoms with E-state index in [1.165, 1.54) is 0 Å². The molecule has 4 heteroatoms. The van der Waals surface area contributed by atoms with Gasteiger partial charge in [-0.05, 0) is 38.1 Å². The van der Waals surface area contributed by atoms with Crippen molar-refractivity contribution in [1.29, 1.82) is 0 Å². The minimum atomic E-state index is 0.194. The average Bonchev–Trinajstić information content (AvgIpc) is 2.41. The first-order valence-corrected chi connectivity index (χ1v) is 6.30. The van der Waals surface area contributed by atoms with Crippen molar-refractivity contribution in [3.63, 3.8) is 0 Å². The molecule has 1 N–H and O–H groups in total. The maximum absolute atomic E-state index is 9.95. The molecule has 2 aromatic carbocycles. The number of fused-ring (bicyclic) bond motifs is 1. The summed E-state index contributed by atoms with van der Waals surface area (Å²) in [5.74, 6) is 2.16. The minimum absolute atomic E-state index is 0.194. The molecule has 0 aliphatic rings. The van der Waals surface area contributed by atoms with E-state index in [0.29, 0.717) is 35.8 Å². The molecule has 0 aliphatic carbocycles. The Morgan fingerprint density at radius 2 is 1.47 bits per heavy atom. The van der Waals surface area contributed by atoms with E-state index >= 15 is 0 Å². The molecule has 0 aliphatic heterocycles. The molecule has 102 valence electrons. The summed E-state index contributed by atoms with van der Waals surface area (Å²) in [4.78, 5) is 0. The van der Waals surface area contributed by atoms with E-state index in [1.807, 2.05) is 19.9 Å². The topological polar surface area (TPSA) is 47.9 Å². The first-order chi connectivity index (χ1) is 9.21. The maximum Gasteiger partial charge on any atom is 0.161 e. The number of ether oxygens (including phenoxy) is 3. The minimum Gasteiger partial charge on any atom is -0.507 e. The van der Waals surface area contributed by atoms with Gasteiger partial charge in [0.25, 0.3) is 0 Å². The molecule has 0 heterocycles. The van der Waals surface area contributed by atoms with Gasteiger partial charge in [-0.3, -0.25) is 0 Å². The van der Waals surface area contributed by atoms with Gasteiger partial charge in [0.1, 0.15) is 11.5 Å². The second-order valence-electron chi connectivity index (χ2n) is 4.00. The normalized spacial score (nSPS) is 10.5. The van der Waals surface area contributed by atoms with Gasteiger partial charge < -0.3 is 19.3 Å². The Labute approximate surface area is 112 Å². The molecule has 0 aromatic heterocycles. The van der Waals surface area contributed by atoms with E-state index in [0.717, 1.165) is 5.39 Å². The van der Waals surface area contributed by atoms with Crippen LogP contribution in [0.25, 0.3) is 10.8 Å². The molecule has 0 spiro atoms. The van der Waals surface area contributed by atoms with Gasteiger partial charge in [0.05, 0.1) is 20.3 Å². The molecule has 0 saturated heterocycles. The van der Waals surface area contributed by atoms with Crippen LogP contribution in [-0.2, 0) is 0 Å². The highest BCUT2D eigenvalue weighted by atomic mass is 16.5. The van der Waals surface area contributed by atoms with Crippen molar-refractivity contribution in [2.24, 2.45) is 0 Å². The Hall–Kier alpha value is -2.10. The Balaban J connectivity index is 2.68. The highest BCUT2D eigenvalue weighted by Crippen LogP contribution is 2.40. The van der Waals surface area contributed by atoms with Gasteiger partial charge in [0.2, 0.25) is 0 Å². The van der Waals surface area contributed by atoms with Crippen LogP contribution in [0.15, 0.2) is 24.3 Å². The number of methoxy groups -OCH3 is 1. The number of aromatic hydroxyl groups is 1. The molecule has 2 rings (SSSR count). The molecule has 0 atom stereocenters. The van der Waals surface area contributed by atoms with E-state index in [2.05, 4.69) is 0 Å². The lowest BCUT2D eigenvalue weighted by atomic mass is 10.1. The van der Waals surface area contributed by atoms with Crippen molar-refractivity contribution in [2.75, 3.05) is 20.3 Å². The van der Waals surface area contributed by atoms with Crippen LogP contribution in [0.5, 0.6) is 23.0 Å². The summed E-state index contributed by atoms with van der Waals surface area (Å²) in [6.07, 6.45) is 0. The van der Waals surface area contributed by atoms with Gasteiger partial charge in [-0.2, -0.15) is 0 Å². The van der Waals surface area contributed by atoms with Crippen LogP contribution >= 0.6 is 0 Å². The van der Waals surface area contributed by atoms with Crippen LogP contribution < -0.4 is 14.2 Å². The van der Waals surface area contributed by atoms with E-state index in [-0.39, 0.29) is 5.75 Å². The summed E-state index contributed by atoms with van der Waals surface area (Å²) >= 11 is 0. The molecule has 0 saturated carbocycles. The number of phenols is 1. The van der Waals surface area contributed by atoms with Crippen LogP contribution in [0.2, 0.25) is 0 Å². The summed E-state index contributed by atoms with van der Waals surface area (Å²) in [6.45, 7) is 4.91. The number of benzene rings is 2. The summed E-state index contributed by atoms with van der Waals surface area (Å²) in [5.41, 5.74) is 0. The lowest BCUT2D eigenvalue weighted by molar-refractivity contribution is 0.288. The molecule has 19 heavy (non-hydrogen) atoms. The fourth-order valence-corrected chi connectivity index (χ4v) is 2.02. The number of hydrogen-bond acceptors (Lipinski definition) is 4. The van der Waals surface area contributed by atoms with Crippen molar-refractivity contribution in [3.8, 4) is 23.0 Å². The third-order valence-electron chi connectivity index (χ3n) is 2.84. The molecule has 2 aromatic rings. The molecule has 0 radical (unpaired) electrons. The quantitative estimate of drug-likeness (QED) is 0.897. The lowest BCUT2D eigenvalue weighted by Crippen LogP contribution is -1.99. The second kappa shape index (κ2) is 5.69. The van der Waals surface area contributed by atoms with Gasteiger partial charge >= 0.3 is 0 Å². The standard InChI is InChI=1S/C15H18O4/c1-4-18-14-8-10-11(9-15(14)19-5-2)13(17-3)7-6-12(10)16/h6-9,16H,4-5H2,1-3H3. The van der Waals surface area contributed by atoms with Crippen LogP contribution in [0.3, 0.4) is 0 Å². The fraction of sp³-hybridized carbons (Fsp3) is 0.333. The molecule has 0 amide bonds. The van der Waals surface area contributed by atoms with Crippen LogP contribution in [0.1, 0.15) is 13.8 Å². The largest absolute Gasteiger partial charge is 0.507 e. The van der Waals surface area contributed by atoms with E-state index in [1.54, 1.807) is 25.3 Å². The van der Waals surface area contributed by atoms with E-state index in [9.17, 15) is 5.11 Å². The zero-order valence-corrected chi connectivity index (χ0v) is 11.4. The van der Waals surface area contributed by atoms with Crippen molar-refractivity contribution in [2.45, 2.75) is 13.8 Å². The van der Waals surface area contributed by atoms with Crippen molar-refractivity contribution >= 4 is 10.8 Å². The third kappa shape index (κ3) is 2.52. The third-order valence-corrected chi connectivity index (χ3v) is 2.84. The van der Waals surface area contributed by atoms with Crippen LogP contribution in [-0.4, -0.2) is 25.4 Å². The average molecular weight is 262 g/mol. The van der Waals surface area contributed by atoms with E-state index in [4.69, 9.17) is 14.2 Å². The number of rotatable bonds is 5. The number of phenolic OH excluding ortho intramolecular Hbond substituents is 1. The first-order valence-electron chi connectivity index (χ1n) is 6.30. The predicted molar refractivity (Wildman–Crippen MR) is 74.5 cm³/mol. The molecular weight excluding hydrogens is 244 g/mol. The zero-order chi connectivity index (χ0) is 13.8. The molecule has 0 fully saturated rings. The van der Waals surface area contributed by atoms with Crippen molar-refractivity contribution < 1.29 is 19.3 Å². The Morgan fingerprint density at radius 1 is 0.895 bits per heavy atom. The SMILES string of the molecule is CCOc1cc2c(O)ccc(OC)c2cc1OCC. The van der Waals surface area contributed by atoms with Gasteiger partial charge in [-0.25, -0.2) is 0 Å². The fourth-order valence-electron chi connectivity index (χ4n) is 2.02. The summed E-state index contributed by atoms with van der Waals surface area (Å²) in [6, 6.07) is 6.95. The van der Waals surface area contributed by atoms with Crippen molar-refractivity contribution in [1.82, 2.24) is 0 Å². The van der Waals surface area contributed by atoms with Gasteiger partial charge in [0, 0.05) is 10.8 Å². The maximum atomic E-state index is 9.95. The van der Waals surface area contributed by atoms with Gasteiger partial charge in [-0.15, -0.1) is 0 Å². The molecule has 4 nitrogen and oxygen atoms in total. The Kier molecular flexibility index (Phi) is 4.00. The zero-order valence-electron chi connectivity index (χ0n) is 11.4. The molecular formula is C15H18O4. The highest BCUT2D eigenvalue weighted by molar-refractivity contribution is 5.95. The predicted octanol–water partition coefficient (Wildman–Crippen LogP) is 3.35. The lowest BCUT2D eigenvalue weighted by Gasteiger charge is -2.14. The van der Waals surface area contributed by atoms with Crippen LogP contribution in [0, 0.1) is 0 Å². The van der Waals surface area contributed by atoms with Crippen LogP contribution in [0.4, 0.5) is 0 Å². The molecule has 0 unspecified atom stereocenters. The van der Waals surface area contributed by atoms with Crippen molar-refractivity contribution in [3.05, 3.63) is 24.3 Å². The highest BCUT2D eigenvalue weighted by Gasteiger charge is 2.13.